The summed E-state index contributed by atoms with van der Waals surface area (Å²) in [5.41, 5.74) is 0. The van der Waals surface area contributed by atoms with Gasteiger partial charge in [0.05, 0.1) is 6.61 Å². The molecule has 0 aromatic rings. The van der Waals surface area contributed by atoms with Crippen molar-refractivity contribution in [1.29, 1.82) is 0 Å². The molecule has 1 saturated heterocycles. The predicted octanol–water partition coefficient (Wildman–Crippen LogP) is -0.938. The van der Waals surface area contributed by atoms with E-state index in [4.69, 9.17) is 23.7 Å². The van der Waals surface area contributed by atoms with Crippen LogP contribution >= 0.6 is 0 Å². The zero-order valence-corrected chi connectivity index (χ0v) is 13.7. The van der Waals surface area contributed by atoms with Gasteiger partial charge in [-0.2, -0.15) is 0 Å². The molecule has 5 atom stereocenters. The van der Waals surface area contributed by atoms with Gasteiger partial charge in [0.1, 0.15) is 6.10 Å². The van der Waals surface area contributed by atoms with Crippen molar-refractivity contribution >= 4 is 23.9 Å². The molecule has 10 heteroatoms. The lowest BCUT2D eigenvalue weighted by Crippen LogP contribution is -2.62. The fourth-order valence-corrected chi connectivity index (χ4v) is 2.26. The summed E-state index contributed by atoms with van der Waals surface area (Å²) in [5.74, 6) is -3.00. The zero-order valence-electron chi connectivity index (χ0n) is 13.7. The Morgan fingerprint density at radius 3 is 1.58 bits per heavy atom. The Kier molecular flexibility index (Phi) is 7.11. The highest BCUT2D eigenvalue weighted by atomic mass is 16.7. The standard InChI is InChI=1S/C14H20O10/c1-6(16)20-11-10(5-15)24-14(23-9(4)19)13(22-8(3)18)12(11)21-7(2)17/h10-15H,5H2,1-4H3/t10-,11-,12+,13-,14+/m1/s1. The number of aliphatic hydroxyl groups excluding tert-OH is 1. The van der Waals surface area contributed by atoms with E-state index in [1.54, 1.807) is 0 Å². The highest BCUT2D eigenvalue weighted by Crippen LogP contribution is 2.29. The Labute approximate surface area is 137 Å². The summed E-state index contributed by atoms with van der Waals surface area (Å²) in [6, 6.07) is 0. The average molecular weight is 348 g/mol. The summed E-state index contributed by atoms with van der Waals surface area (Å²) in [6.45, 7) is 3.77. The fourth-order valence-electron chi connectivity index (χ4n) is 2.26. The molecule has 1 rings (SSSR count). The average Bonchev–Trinajstić information content (AvgIpc) is 2.42. The Morgan fingerprint density at radius 2 is 1.17 bits per heavy atom. The summed E-state index contributed by atoms with van der Waals surface area (Å²) in [4.78, 5) is 45.3. The van der Waals surface area contributed by atoms with E-state index in [-0.39, 0.29) is 0 Å². The number of hydrogen-bond donors (Lipinski definition) is 1. The first-order valence-corrected chi connectivity index (χ1v) is 7.11. The van der Waals surface area contributed by atoms with Crippen LogP contribution in [0.4, 0.5) is 0 Å². The highest BCUT2D eigenvalue weighted by Gasteiger charge is 2.53. The van der Waals surface area contributed by atoms with Gasteiger partial charge in [0.25, 0.3) is 0 Å². The van der Waals surface area contributed by atoms with E-state index in [1.807, 2.05) is 0 Å². The molecular formula is C14H20O10. The van der Waals surface area contributed by atoms with Crippen LogP contribution < -0.4 is 0 Å². The van der Waals surface area contributed by atoms with Crippen LogP contribution in [-0.2, 0) is 42.9 Å². The Balaban J connectivity index is 3.23. The van der Waals surface area contributed by atoms with Crippen LogP contribution in [0.5, 0.6) is 0 Å². The van der Waals surface area contributed by atoms with E-state index < -0.39 is 61.2 Å². The second-order valence-electron chi connectivity index (χ2n) is 5.06. The van der Waals surface area contributed by atoms with Crippen LogP contribution in [0.2, 0.25) is 0 Å². The minimum Gasteiger partial charge on any atom is -0.456 e. The molecule has 1 aliphatic rings. The molecule has 0 spiro atoms. The summed E-state index contributed by atoms with van der Waals surface area (Å²) < 4.78 is 25.4. The Morgan fingerprint density at radius 1 is 0.750 bits per heavy atom. The Bertz CT molecular complexity index is 502. The minimum atomic E-state index is -1.44. The molecular weight excluding hydrogens is 328 g/mol. The highest BCUT2D eigenvalue weighted by molar-refractivity contribution is 5.69. The van der Waals surface area contributed by atoms with Gasteiger partial charge in [-0.15, -0.1) is 0 Å². The first-order chi connectivity index (χ1) is 11.1. The molecule has 136 valence electrons. The van der Waals surface area contributed by atoms with Crippen LogP contribution in [0.1, 0.15) is 27.7 Å². The van der Waals surface area contributed by atoms with E-state index >= 15 is 0 Å². The van der Waals surface area contributed by atoms with Gasteiger partial charge in [-0.1, -0.05) is 0 Å². The molecule has 0 radical (unpaired) electrons. The lowest BCUT2D eigenvalue weighted by molar-refractivity contribution is -0.299. The third kappa shape index (κ3) is 5.46. The molecule has 10 nitrogen and oxygen atoms in total. The number of rotatable bonds is 5. The number of carbonyl (C=O) groups is 4. The first kappa shape index (κ1) is 19.8. The summed E-state index contributed by atoms with van der Waals surface area (Å²) in [5, 5.41) is 9.44. The smallest absolute Gasteiger partial charge is 0.305 e. The molecule has 1 fully saturated rings. The molecule has 0 saturated carbocycles. The van der Waals surface area contributed by atoms with E-state index in [2.05, 4.69) is 0 Å². The molecule has 0 aromatic carbocycles. The monoisotopic (exact) mass is 348 g/mol. The summed E-state index contributed by atoms with van der Waals surface area (Å²) in [6.07, 6.45) is -6.56. The largest absolute Gasteiger partial charge is 0.456 e. The minimum absolute atomic E-state index is 0.625. The molecule has 0 aliphatic carbocycles. The Hall–Kier alpha value is -2.20. The summed E-state index contributed by atoms with van der Waals surface area (Å²) >= 11 is 0. The number of carbonyl (C=O) groups excluding carboxylic acids is 4. The van der Waals surface area contributed by atoms with Gasteiger partial charge < -0.3 is 28.8 Å². The number of esters is 4. The first-order valence-electron chi connectivity index (χ1n) is 7.11. The number of aliphatic hydroxyl groups is 1. The zero-order chi connectivity index (χ0) is 18.4. The van der Waals surface area contributed by atoms with Crippen LogP contribution in [0.3, 0.4) is 0 Å². The van der Waals surface area contributed by atoms with Crippen molar-refractivity contribution in [3.05, 3.63) is 0 Å². The van der Waals surface area contributed by atoms with Crippen molar-refractivity contribution < 1.29 is 48.0 Å². The molecule has 0 amide bonds. The van der Waals surface area contributed by atoms with Gasteiger partial charge >= 0.3 is 23.9 Å². The predicted molar refractivity (Wildman–Crippen MR) is 74.2 cm³/mol. The van der Waals surface area contributed by atoms with Gasteiger partial charge in [-0.25, -0.2) is 0 Å². The van der Waals surface area contributed by atoms with E-state index in [1.165, 1.54) is 0 Å². The van der Waals surface area contributed by atoms with Crippen molar-refractivity contribution in [2.45, 2.75) is 58.4 Å². The van der Waals surface area contributed by atoms with Gasteiger partial charge in [0.2, 0.25) is 12.4 Å². The lowest BCUT2D eigenvalue weighted by Gasteiger charge is -2.43. The van der Waals surface area contributed by atoms with Crippen LogP contribution in [0.15, 0.2) is 0 Å². The summed E-state index contributed by atoms with van der Waals surface area (Å²) in [7, 11) is 0. The molecule has 0 aromatic heterocycles. The van der Waals surface area contributed by atoms with E-state index in [9.17, 15) is 24.3 Å². The third-order valence-electron chi connectivity index (χ3n) is 2.96. The quantitative estimate of drug-likeness (QED) is 0.490. The molecule has 0 unspecified atom stereocenters. The number of hydrogen-bond acceptors (Lipinski definition) is 10. The molecule has 0 bridgehead atoms. The normalized spacial score (nSPS) is 29.3. The van der Waals surface area contributed by atoms with E-state index in [0.29, 0.717) is 0 Å². The van der Waals surface area contributed by atoms with Crippen LogP contribution in [-0.4, -0.2) is 66.3 Å². The lowest BCUT2D eigenvalue weighted by atomic mass is 9.98. The SMILES string of the molecule is CC(=O)O[C@H]1O[C@H](CO)[C@@H](OC(C)=O)[C@H](OC(C)=O)[C@H]1OC(C)=O. The van der Waals surface area contributed by atoms with Crippen molar-refractivity contribution in [3.8, 4) is 0 Å². The molecule has 1 aliphatic heterocycles. The second-order valence-corrected chi connectivity index (χ2v) is 5.06. The maximum atomic E-state index is 11.4. The van der Waals surface area contributed by atoms with Crippen LogP contribution in [0.25, 0.3) is 0 Å². The van der Waals surface area contributed by atoms with Crippen molar-refractivity contribution in [3.63, 3.8) is 0 Å². The van der Waals surface area contributed by atoms with E-state index in [0.717, 1.165) is 27.7 Å². The van der Waals surface area contributed by atoms with Gasteiger partial charge in [0.15, 0.2) is 12.2 Å². The number of ether oxygens (including phenoxy) is 5. The van der Waals surface area contributed by atoms with Crippen molar-refractivity contribution in [2.75, 3.05) is 6.61 Å². The van der Waals surface area contributed by atoms with Gasteiger partial charge in [-0.3, -0.25) is 19.2 Å². The second kappa shape index (κ2) is 8.60. The molecule has 1 N–H and O–H groups in total. The topological polar surface area (TPSA) is 135 Å². The third-order valence-corrected chi connectivity index (χ3v) is 2.96. The van der Waals surface area contributed by atoms with Crippen LogP contribution in [0, 0.1) is 0 Å². The van der Waals surface area contributed by atoms with Crippen molar-refractivity contribution in [1.82, 2.24) is 0 Å². The maximum absolute atomic E-state index is 11.4. The van der Waals surface area contributed by atoms with Gasteiger partial charge in [0, 0.05) is 27.7 Å². The van der Waals surface area contributed by atoms with Gasteiger partial charge in [-0.05, 0) is 0 Å². The molecule has 1 heterocycles. The fraction of sp³-hybridized carbons (Fsp3) is 0.714. The molecule has 24 heavy (non-hydrogen) atoms. The maximum Gasteiger partial charge on any atom is 0.305 e. The van der Waals surface area contributed by atoms with Crippen molar-refractivity contribution in [2.24, 2.45) is 0 Å².